The van der Waals surface area contributed by atoms with E-state index < -0.39 is 23.8 Å². The second-order valence-corrected chi connectivity index (χ2v) is 18.1. The van der Waals surface area contributed by atoms with Crippen LogP contribution in [0.15, 0.2) is 54.6 Å². The van der Waals surface area contributed by atoms with Crippen LogP contribution in [-0.4, -0.2) is 71.8 Å². The largest absolute Gasteiger partial charge is 0.508 e. The van der Waals surface area contributed by atoms with Crippen molar-refractivity contribution in [1.82, 2.24) is 0 Å². The standard InChI is InChI=1S/C16H28O7P2.C8H8I2O.C8H10O3.C6H15O3P.CH4/c1-5-20-24(18,21-6-2)12-14-9-15(11-16(17)10-14)13-25(19,22-7-3)23-8-4;2*9-4-6-1-7(5-10)3-8(11)2-6;1-4-7-10(8-5-2)9-6-3;/h9-11,17H,5-8,12-13H2,1-4H3;1-3,11H,4-5H2;1-3,9-11H,4-5H2;4-6H2,1-3H3;1H4. The van der Waals surface area contributed by atoms with Crippen molar-refractivity contribution in [2.75, 3.05) is 46.2 Å². The molecule has 19 heteroatoms. The van der Waals surface area contributed by atoms with Gasteiger partial charge >= 0.3 is 23.8 Å². The number of aliphatic hydroxyl groups is 2. The average molecular weight is 1100 g/mol. The summed E-state index contributed by atoms with van der Waals surface area (Å²) in [6.45, 7) is 15.4. The zero-order chi connectivity index (χ0) is 43.3. The molecule has 0 aliphatic heterocycles. The van der Waals surface area contributed by atoms with Crippen molar-refractivity contribution in [1.29, 1.82) is 0 Å². The van der Waals surface area contributed by atoms with E-state index in [0.717, 1.165) is 8.86 Å². The zero-order valence-corrected chi connectivity index (χ0v) is 40.9. The van der Waals surface area contributed by atoms with Gasteiger partial charge in [0.25, 0.3) is 0 Å². The van der Waals surface area contributed by atoms with Crippen LogP contribution >= 0.6 is 69.0 Å². The van der Waals surface area contributed by atoms with E-state index in [0.29, 0.717) is 47.8 Å². The van der Waals surface area contributed by atoms with Gasteiger partial charge in [0.05, 0.1) is 71.8 Å². The Morgan fingerprint density at radius 3 is 0.983 bits per heavy atom. The van der Waals surface area contributed by atoms with Crippen molar-refractivity contribution in [3.8, 4) is 17.2 Å². The fourth-order valence-corrected chi connectivity index (χ4v) is 9.75. The van der Waals surface area contributed by atoms with Gasteiger partial charge in [-0.05, 0) is 118 Å². The van der Waals surface area contributed by atoms with Gasteiger partial charge in [-0.3, -0.25) is 9.13 Å². The van der Waals surface area contributed by atoms with Gasteiger partial charge in [0.15, 0.2) is 0 Å². The van der Waals surface area contributed by atoms with E-state index in [4.69, 9.17) is 47.0 Å². The summed E-state index contributed by atoms with van der Waals surface area (Å²) in [5.74, 6) is 0.429. The molecule has 58 heavy (non-hydrogen) atoms. The second kappa shape index (κ2) is 34.6. The molecule has 0 bridgehead atoms. The monoisotopic (exact) mass is 1100 g/mol. The third-order valence-corrected chi connectivity index (χ3v) is 13.8. The third kappa shape index (κ3) is 26.4. The molecule has 334 valence electrons. The number of aliphatic hydroxyl groups excluding tert-OH is 2. The molecule has 0 aromatic heterocycles. The molecule has 0 atom stereocenters. The normalized spacial score (nSPS) is 11.0. The number of alkyl halides is 2. The molecule has 0 unspecified atom stereocenters. The molecule has 0 spiro atoms. The second-order valence-electron chi connectivity index (χ2n) is 11.3. The Morgan fingerprint density at radius 1 is 0.466 bits per heavy atom. The number of hydrogen-bond acceptors (Lipinski definition) is 14. The quantitative estimate of drug-likeness (QED) is 0.0361. The van der Waals surface area contributed by atoms with Crippen LogP contribution in [-0.2, 0) is 75.2 Å². The van der Waals surface area contributed by atoms with Gasteiger partial charge in [-0.1, -0.05) is 70.8 Å². The van der Waals surface area contributed by atoms with E-state index in [9.17, 15) is 19.3 Å². The van der Waals surface area contributed by atoms with Crippen LogP contribution in [0, 0.1) is 0 Å². The van der Waals surface area contributed by atoms with Gasteiger partial charge in [0.1, 0.15) is 17.2 Å². The highest BCUT2D eigenvalue weighted by molar-refractivity contribution is 14.1. The van der Waals surface area contributed by atoms with E-state index in [2.05, 4.69) is 51.2 Å². The Labute approximate surface area is 374 Å². The van der Waals surface area contributed by atoms with Crippen LogP contribution in [0.4, 0.5) is 0 Å². The van der Waals surface area contributed by atoms with Crippen molar-refractivity contribution >= 4 is 69.0 Å². The van der Waals surface area contributed by atoms with E-state index in [-0.39, 0.29) is 70.9 Å². The van der Waals surface area contributed by atoms with Crippen molar-refractivity contribution < 1.29 is 66.3 Å². The van der Waals surface area contributed by atoms with Gasteiger partial charge in [0.2, 0.25) is 0 Å². The Hall–Kier alpha value is -0.950. The maximum Gasteiger partial charge on any atom is 0.335 e. The minimum absolute atomic E-state index is 0. The Morgan fingerprint density at radius 2 is 0.724 bits per heavy atom. The van der Waals surface area contributed by atoms with Crippen molar-refractivity contribution in [2.45, 2.75) is 90.3 Å². The summed E-state index contributed by atoms with van der Waals surface area (Å²) in [7, 11) is -7.66. The van der Waals surface area contributed by atoms with Crippen molar-refractivity contribution in [3.63, 3.8) is 0 Å². The van der Waals surface area contributed by atoms with E-state index in [1.54, 1.807) is 39.8 Å². The number of halogens is 2. The van der Waals surface area contributed by atoms with Gasteiger partial charge in [0, 0.05) is 8.86 Å². The minimum Gasteiger partial charge on any atom is -0.508 e. The minimum atomic E-state index is -3.30. The molecular weight excluding hydrogens is 1040 g/mol. The highest BCUT2D eigenvalue weighted by atomic mass is 127. The van der Waals surface area contributed by atoms with Gasteiger partial charge in [-0.15, -0.1) is 0 Å². The lowest BCUT2D eigenvalue weighted by Gasteiger charge is -2.19. The molecule has 5 N–H and O–H groups in total. The first kappa shape index (κ1) is 59.1. The summed E-state index contributed by atoms with van der Waals surface area (Å²) in [4.78, 5) is 0. The molecule has 0 heterocycles. The molecule has 3 aromatic rings. The Balaban J connectivity index is 0. The number of phenols is 3. The molecule has 0 amide bonds. The Bertz CT molecular complexity index is 1440. The average Bonchev–Trinajstić information content (AvgIpc) is 3.15. The first-order valence-electron chi connectivity index (χ1n) is 18.4. The summed E-state index contributed by atoms with van der Waals surface area (Å²) >= 11 is 4.58. The third-order valence-electron chi connectivity index (χ3n) is 6.54. The maximum atomic E-state index is 12.7. The highest BCUT2D eigenvalue weighted by Crippen LogP contribution is 2.53. The lowest BCUT2D eigenvalue weighted by molar-refractivity contribution is 0.176. The van der Waals surface area contributed by atoms with E-state index >= 15 is 0 Å². The molecule has 3 rings (SSSR count). The number of benzene rings is 3. The maximum absolute atomic E-state index is 12.7. The predicted octanol–water partition coefficient (Wildman–Crippen LogP) is 11.5. The van der Waals surface area contributed by atoms with E-state index in [1.807, 2.05) is 32.9 Å². The smallest absolute Gasteiger partial charge is 0.335 e. The summed E-state index contributed by atoms with van der Waals surface area (Å²) in [5.41, 5.74) is 4.73. The van der Waals surface area contributed by atoms with Gasteiger partial charge in [-0.25, -0.2) is 0 Å². The zero-order valence-electron chi connectivity index (χ0n) is 33.9. The summed E-state index contributed by atoms with van der Waals surface area (Å²) in [5, 5.41) is 45.6. The first-order chi connectivity index (χ1) is 27.2. The number of hydrogen-bond donors (Lipinski definition) is 5. The SMILES string of the molecule is C.CCOP(=O)(Cc1cc(O)cc(CP(=O)(OCC)OCC)c1)OCC.CCOP(OCC)OCC.OCc1cc(O)cc(CO)c1.Oc1cc(CI)cc(CI)c1. The van der Waals surface area contributed by atoms with Crippen LogP contribution in [0.2, 0.25) is 0 Å². The molecule has 0 aliphatic carbocycles. The van der Waals surface area contributed by atoms with Crippen LogP contribution in [0.5, 0.6) is 17.2 Å². The number of aromatic hydroxyl groups is 3. The van der Waals surface area contributed by atoms with Crippen LogP contribution in [0.25, 0.3) is 0 Å². The van der Waals surface area contributed by atoms with E-state index in [1.165, 1.54) is 35.4 Å². The fourth-order valence-electron chi connectivity index (χ4n) is 4.67. The lowest BCUT2D eigenvalue weighted by Crippen LogP contribution is -2.01. The van der Waals surface area contributed by atoms with Crippen LogP contribution in [0.1, 0.15) is 89.3 Å². The van der Waals surface area contributed by atoms with Gasteiger partial charge < -0.3 is 57.2 Å². The van der Waals surface area contributed by atoms with Crippen molar-refractivity contribution in [2.24, 2.45) is 0 Å². The van der Waals surface area contributed by atoms with Crippen LogP contribution < -0.4 is 0 Å². The van der Waals surface area contributed by atoms with Gasteiger partial charge in [-0.2, -0.15) is 0 Å². The Kier molecular flexibility index (Phi) is 35.3. The fraction of sp³-hybridized carbons (Fsp3) is 0.538. The predicted molar refractivity (Wildman–Crippen MR) is 249 cm³/mol. The highest BCUT2D eigenvalue weighted by Gasteiger charge is 2.27. The number of rotatable bonds is 22. The first-order valence-corrected chi connectivity index (χ1v) is 26.0. The molecular formula is C39H65I2O14P3. The molecule has 0 saturated heterocycles. The molecule has 0 aliphatic rings. The molecule has 0 fully saturated rings. The topological polar surface area (TPSA) is 200 Å². The molecule has 0 saturated carbocycles. The lowest BCUT2D eigenvalue weighted by atomic mass is 10.1. The van der Waals surface area contributed by atoms with Crippen molar-refractivity contribution in [3.05, 3.63) is 88.0 Å². The number of phenolic OH excluding ortho intramolecular Hbond substituents is 3. The van der Waals surface area contributed by atoms with Crippen LogP contribution in [0.3, 0.4) is 0 Å². The molecule has 14 nitrogen and oxygen atoms in total. The molecule has 3 aromatic carbocycles. The summed E-state index contributed by atoms with van der Waals surface area (Å²) < 4.78 is 63.8. The summed E-state index contributed by atoms with van der Waals surface area (Å²) in [6, 6.07) is 15.0. The molecule has 0 radical (unpaired) electrons. The summed E-state index contributed by atoms with van der Waals surface area (Å²) in [6.07, 6.45) is 0.0350.